The molecule has 1 aliphatic rings. The minimum absolute atomic E-state index is 0.00211. The van der Waals surface area contributed by atoms with Gasteiger partial charge in [0.2, 0.25) is 17.6 Å². The molecule has 1 amide bonds. The number of nitrogens with one attached hydrogen (secondary N) is 1. The first kappa shape index (κ1) is 19.9. The fourth-order valence-corrected chi connectivity index (χ4v) is 3.25. The molecule has 0 unspecified atom stereocenters. The summed E-state index contributed by atoms with van der Waals surface area (Å²) >= 11 is 0. The van der Waals surface area contributed by atoms with Crippen LogP contribution in [0, 0.1) is 0 Å². The third-order valence-corrected chi connectivity index (χ3v) is 4.83. The van der Waals surface area contributed by atoms with E-state index in [-0.39, 0.29) is 5.91 Å². The molecule has 1 aliphatic carbocycles. The van der Waals surface area contributed by atoms with Crippen LogP contribution in [0.4, 0.5) is 0 Å². The van der Waals surface area contributed by atoms with Crippen LogP contribution in [0.5, 0.6) is 11.5 Å². The van der Waals surface area contributed by atoms with Gasteiger partial charge >= 0.3 is 0 Å². The zero-order valence-corrected chi connectivity index (χ0v) is 16.5. The number of carbonyl (C=O) groups is 1. The Labute approximate surface area is 165 Å². The van der Waals surface area contributed by atoms with E-state index >= 15 is 0 Å². The Morgan fingerprint density at radius 3 is 2.79 bits per heavy atom. The van der Waals surface area contributed by atoms with Gasteiger partial charge in [0, 0.05) is 24.9 Å². The van der Waals surface area contributed by atoms with Gasteiger partial charge in [-0.1, -0.05) is 16.8 Å². The van der Waals surface area contributed by atoms with E-state index < -0.39 is 0 Å². The highest BCUT2D eigenvalue weighted by molar-refractivity contribution is 5.76. The summed E-state index contributed by atoms with van der Waals surface area (Å²) in [6.07, 6.45) is 8.87. The second-order valence-corrected chi connectivity index (χ2v) is 6.79. The van der Waals surface area contributed by atoms with Gasteiger partial charge in [0.15, 0.2) is 11.5 Å². The zero-order chi connectivity index (χ0) is 19.8. The molecule has 0 aliphatic heterocycles. The fraction of sp³-hybridized carbons (Fsp3) is 0.476. The molecular weight excluding hydrogens is 358 g/mol. The zero-order valence-electron chi connectivity index (χ0n) is 16.5. The van der Waals surface area contributed by atoms with Crippen LogP contribution < -0.4 is 14.8 Å². The van der Waals surface area contributed by atoms with Crippen LogP contribution in [0.15, 0.2) is 34.4 Å². The molecule has 7 heteroatoms. The van der Waals surface area contributed by atoms with E-state index in [2.05, 4.69) is 21.5 Å². The molecule has 0 atom stereocenters. The van der Waals surface area contributed by atoms with Crippen LogP contribution in [0.1, 0.15) is 44.4 Å². The Kier molecular flexibility index (Phi) is 7.06. The molecule has 0 fully saturated rings. The highest BCUT2D eigenvalue weighted by Crippen LogP contribution is 2.31. The molecule has 28 heavy (non-hydrogen) atoms. The summed E-state index contributed by atoms with van der Waals surface area (Å²) in [7, 11) is 3.16. The number of hydrogen-bond donors (Lipinski definition) is 1. The number of nitrogens with zero attached hydrogens (tertiary/aromatic N) is 2. The molecule has 0 bridgehead atoms. The summed E-state index contributed by atoms with van der Waals surface area (Å²) in [5.74, 6) is 2.13. The van der Waals surface area contributed by atoms with Crippen molar-refractivity contribution >= 4 is 5.91 Å². The largest absolute Gasteiger partial charge is 0.493 e. The van der Waals surface area contributed by atoms with Gasteiger partial charge in [-0.2, -0.15) is 4.98 Å². The van der Waals surface area contributed by atoms with Gasteiger partial charge in [-0.15, -0.1) is 0 Å². The fourth-order valence-electron chi connectivity index (χ4n) is 3.25. The number of methoxy groups -OCH3 is 2. The molecule has 1 aromatic carbocycles. The third-order valence-electron chi connectivity index (χ3n) is 4.83. The maximum atomic E-state index is 12.0. The number of benzene rings is 1. The van der Waals surface area contributed by atoms with Crippen LogP contribution in [0.25, 0.3) is 11.4 Å². The molecular formula is C21H27N3O4. The van der Waals surface area contributed by atoms with Crippen molar-refractivity contribution in [3.8, 4) is 22.9 Å². The van der Waals surface area contributed by atoms with E-state index in [1.54, 1.807) is 26.4 Å². The van der Waals surface area contributed by atoms with Crippen molar-refractivity contribution in [1.29, 1.82) is 0 Å². The van der Waals surface area contributed by atoms with Crippen molar-refractivity contribution in [1.82, 2.24) is 15.5 Å². The summed E-state index contributed by atoms with van der Waals surface area (Å²) in [6.45, 7) is 0.686. The quantitative estimate of drug-likeness (QED) is 0.663. The van der Waals surface area contributed by atoms with Gasteiger partial charge in [0.25, 0.3) is 0 Å². The second kappa shape index (κ2) is 9.92. The highest BCUT2D eigenvalue weighted by Gasteiger charge is 2.13. The highest BCUT2D eigenvalue weighted by atomic mass is 16.5. The Bertz CT molecular complexity index is 829. The average molecular weight is 385 g/mol. The SMILES string of the molecule is COc1ccc(-c2noc(CCC(=O)NCCC3=CCCCC3)n2)cc1OC. The summed E-state index contributed by atoms with van der Waals surface area (Å²) in [4.78, 5) is 16.4. The Morgan fingerprint density at radius 2 is 2.04 bits per heavy atom. The number of hydrogen-bond acceptors (Lipinski definition) is 6. The number of aryl methyl sites for hydroxylation is 1. The molecule has 1 heterocycles. The lowest BCUT2D eigenvalue weighted by atomic mass is 9.97. The number of allylic oxidation sites excluding steroid dienone is 1. The van der Waals surface area contributed by atoms with Crippen molar-refractivity contribution in [3.05, 3.63) is 35.7 Å². The monoisotopic (exact) mass is 385 g/mol. The number of ether oxygens (including phenoxy) is 2. The molecule has 0 saturated carbocycles. The Morgan fingerprint density at radius 1 is 1.18 bits per heavy atom. The summed E-state index contributed by atoms with van der Waals surface area (Å²) in [6, 6.07) is 5.42. The predicted molar refractivity (Wildman–Crippen MR) is 105 cm³/mol. The number of amides is 1. The maximum Gasteiger partial charge on any atom is 0.227 e. The molecule has 3 rings (SSSR count). The van der Waals surface area contributed by atoms with Crippen molar-refractivity contribution in [2.24, 2.45) is 0 Å². The van der Waals surface area contributed by atoms with Crippen LogP contribution in [-0.2, 0) is 11.2 Å². The van der Waals surface area contributed by atoms with Crippen LogP contribution in [0.2, 0.25) is 0 Å². The number of aromatic nitrogens is 2. The van der Waals surface area contributed by atoms with E-state index in [0.717, 1.165) is 18.4 Å². The van der Waals surface area contributed by atoms with Crippen LogP contribution in [-0.4, -0.2) is 36.8 Å². The van der Waals surface area contributed by atoms with Crippen molar-refractivity contribution in [2.75, 3.05) is 20.8 Å². The Hall–Kier alpha value is -2.83. The number of carbonyl (C=O) groups excluding carboxylic acids is 1. The summed E-state index contributed by atoms with van der Waals surface area (Å²) in [5.41, 5.74) is 2.22. The molecule has 0 saturated heterocycles. The summed E-state index contributed by atoms with van der Waals surface area (Å²) in [5, 5.41) is 6.96. The van der Waals surface area contributed by atoms with Gasteiger partial charge in [-0.25, -0.2) is 0 Å². The lowest BCUT2D eigenvalue weighted by Gasteiger charge is -2.12. The van der Waals surface area contributed by atoms with Gasteiger partial charge in [-0.05, 0) is 50.3 Å². The average Bonchev–Trinajstić information content (AvgIpc) is 3.21. The molecule has 7 nitrogen and oxygen atoms in total. The van der Waals surface area contributed by atoms with E-state index in [1.807, 2.05) is 6.07 Å². The van der Waals surface area contributed by atoms with E-state index in [9.17, 15) is 4.79 Å². The van der Waals surface area contributed by atoms with Crippen molar-refractivity contribution in [2.45, 2.75) is 44.9 Å². The van der Waals surface area contributed by atoms with Gasteiger partial charge in [0.05, 0.1) is 14.2 Å². The predicted octanol–water partition coefficient (Wildman–Crippen LogP) is 3.69. The van der Waals surface area contributed by atoms with Gasteiger partial charge in [-0.3, -0.25) is 4.79 Å². The molecule has 2 aromatic rings. The molecule has 0 spiro atoms. The topological polar surface area (TPSA) is 86.5 Å². The summed E-state index contributed by atoms with van der Waals surface area (Å²) < 4.78 is 15.8. The first-order valence-electron chi connectivity index (χ1n) is 9.69. The van der Waals surface area contributed by atoms with Crippen molar-refractivity contribution < 1.29 is 18.8 Å². The van der Waals surface area contributed by atoms with Crippen molar-refractivity contribution in [3.63, 3.8) is 0 Å². The number of rotatable bonds is 9. The maximum absolute atomic E-state index is 12.0. The standard InChI is InChI=1S/C21H27N3O4/c1-26-17-9-8-16(14-18(17)27-2)21-23-20(28-24-21)11-10-19(25)22-13-12-15-6-4-3-5-7-15/h6,8-9,14H,3-5,7,10-13H2,1-2H3,(H,22,25). The van der Waals surface area contributed by atoms with E-state index in [4.69, 9.17) is 14.0 Å². The van der Waals surface area contributed by atoms with E-state index in [0.29, 0.717) is 42.6 Å². The van der Waals surface area contributed by atoms with Gasteiger partial charge < -0.3 is 19.3 Å². The lowest BCUT2D eigenvalue weighted by molar-refractivity contribution is -0.121. The first-order chi connectivity index (χ1) is 13.7. The second-order valence-electron chi connectivity index (χ2n) is 6.79. The normalized spacial score (nSPS) is 13.7. The van der Waals surface area contributed by atoms with E-state index in [1.165, 1.54) is 24.8 Å². The minimum Gasteiger partial charge on any atom is -0.493 e. The first-order valence-corrected chi connectivity index (χ1v) is 9.69. The Balaban J connectivity index is 1.48. The molecule has 1 aromatic heterocycles. The smallest absolute Gasteiger partial charge is 0.227 e. The van der Waals surface area contributed by atoms with Crippen LogP contribution >= 0.6 is 0 Å². The lowest BCUT2D eigenvalue weighted by Crippen LogP contribution is -2.25. The molecule has 150 valence electrons. The minimum atomic E-state index is 0.00211. The van der Waals surface area contributed by atoms with Gasteiger partial charge in [0.1, 0.15) is 0 Å². The van der Waals surface area contributed by atoms with Crippen LogP contribution in [0.3, 0.4) is 0 Å². The molecule has 1 N–H and O–H groups in total. The molecule has 0 radical (unpaired) electrons. The third kappa shape index (κ3) is 5.34.